The molecule has 1 saturated heterocycles. The van der Waals surface area contributed by atoms with Gasteiger partial charge < -0.3 is 20.1 Å². The summed E-state index contributed by atoms with van der Waals surface area (Å²) in [5.74, 6) is 1.08. The van der Waals surface area contributed by atoms with Gasteiger partial charge in [-0.3, -0.25) is 4.79 Å². The molecule has 1 aliphatic heterocycles. The van der Waals surface area contributed by atoms with E-state index in [1.54, 1.807) is 7.11 Å². The van der Waals surface area contributed by atoms with Crippen LogP contribution in [0, 0.1) is 5.41 Å². The first-order chi connectivity index (χ1) is 14.5. The van der Waals surface area contributed by atoms with Crippen molar-refractivity contribution in [3.63, 3.8) is 0 Å². The van der Waals surface area contributed by atoms with Crippen LogP contribution in [0.2, 0.25) is 0 Å². The molecule has 6 heteroatoms. The summed E-state index contributed by atoms with van der Waals surface area (Å²) in [7, 11) is 1.73. The highest BCUT2D eigenvalue weighted by Gasteiger charge is 2.54. The Kier molecular flexibility index (Phi) is 6.16. The van der Waals surface area contributed by atoms with Gasteiger partial charge in [0.25, 0.3) is 0 Å². The quantitative estimate of drug-likeness (QED) is 0.736. The number of hydrogen-bond acceptors (Lipinski definition) is 4. The molecule has 0 unspecified atom stereocenters. The van der Waals surface area contributed by atoms with E-state index in [2.05, 4.69) is 12.1 Å². The summed E-state index contributed by atoms with van der Waals surface area (Å²) >= 11 is 0. The first-order valence-corrected chi connectivity index (χ1v) is 11.1. The Morgan fingerprint density at radius 2 is 1.87 bits per heavy atom. The van der Waals surface area contributed by atoms with Crippen molar-refractivity contribution in [3.05, 3.63) is 41.7 Å². The fourth-order valence-electron chi connectivity index (χ4n) is 5.60. The van der Waals surface area contributed by atoms with Crippen LogP contribution in [0.15, 0.2) is 36.2 Å². The molecule has 164 valence electrons. The topological polar surface area (TPSA) is 64.8 Å². The van der Waals surface area contributed by atoms with Gasteiger partial charge in [-0.05, 0) is 68.1 Å². The molecule has 1 heterocycles. The van der Waals surface area contributed by atoms with E-state index in [1.807, 2.05) is 17.0 Å². The minimum atomic E-state index is -0.162. The van der Waals surface area contributed by atoms with E-state index in [0.29, 0.717) is 17.8 Å². The number of hydrogen-bond donors (Lipinski definition) is 1. The predicted octanol–water partition coefficient (Wildman–Crippen LogP) is 3.72. The lowest BCUT2D eigenvalue weighted by Crippen LogP contribution is -2.52. The molecule has 1 aromatic rings. The van der Waals surface area contributed by atoms with Crippen molar-refractivity contribution in [1.82, 2.24) is 4.90 Å². The fraction of sp³-hybridized carbons (Fsp3) is 0.625. The van der Waals surface area contributed by atoms with Gasteiger partial charge in [-0.2, -0.15) is 0 Å². The average molecular weight is 417 g/mol. The van der Waals surface area contributed by atoms with Crippen molar-refractivity contribution in [3.8, 4) is 5.75 Å². The van der Waals surface area contributed by atoms with Crippen LogP contribution in [0.3, 0.4) is 0 Å². The van der Waals surface area contributed by atoms with Gasteiger partial charge in [0, 0.05) is 37.7 Å². The number of ether oxygens (including phenoxy) is 2. The lowest BCUT2D eigenvalue weighted by Gasteiger charge is -2.53. The Morgan fingerprint density at radius 1 is 1.20 bits per heavy atom. The highest BCUT2D eigenvalue weighted by molar-refractivity contribution is 5.83. The molecule has 4 fully saturated rings. The second-order valence-corrected chi connectivity index (χ2v) is 9.24. The molecule has 3 aliphatic carbocycles. The molecule has 2 N–H and O–H groups in total. The molecule has 1 aromatic carbocycles. The van der Waals surface area contributed by atoms with E-state index in [1.165, 1.54) is 5.56 Å². The highest BCUT2D eigenvalue weighted by Crippen LogP contribution is 2.58. The highest BCUT2D eigenvalue weighted by atomic mass is 19.1. The molecular formula is C24H33FN2O3. The molecule has 4 aliphatic rings. The summed E-state index contributed by atoms with van der Waals surface area (Å²) in [6.07, 6.45) is 7.75. The van der Waals surface area contributed by atoms with Crippen LogP contribution in [-0.2, 0) is 14.9 Å². The Balaban J connectivity index is 1.38. The number of nitrogens with two attached hydrogens (primary N) is 1. The van der Waals surface area contributed by atoms with Crippen LogP contribution < -0.4 is 10.5 Å². The number of likely N-dealkylation sites (tertiary alicyclic amines) is 1. The maximum Gasteiger partial charge on any atom is 0.228 e. The van der Waals surface area contributed by atoms with E-state index in [0.717, 1.165) is 63.8 Å². The second kappa shape index (κ2) is 8.67. The molecule has 5 nitrogen and oxygen atoms in total. The summed E-state index contributed by atoms with van der Waals surface area (Å²) in [4.78, 5) is 15.4. The van der Waals surface area contributed by atoms with E-state index in [9.17, 15) is 9.18 Å². The van der Waals surface area contributed by atoms with Crippen LogP contribution in [0.5, 0.6) is 5.75 Å². The molecule has 3 saturated carbocycles. The minimum absolute atomic E-state index is 0.154. The summed E-state index contributed by atoms with van der Waals surface area (Å²) in [5, 5.41) is 0. The average Bonchev–Trinajstić information content (AvgIpc) is 3.30. The van der Waals surface area contributed by atoms with Gasteiger partial charge in [0.1, 0.15) is 12.4 Å². The monoisotopic (exact) mass is 416 g/mol. The van der Waals surface area contributed by atoms with Crippen LogP contribution >= 0.6 is 0 Å². The molecule has 30 heavy (non-hydrogen) atoms. The molecule has 0 radical (unpaired) electrons. The third kappa shape index (κ3) is 3.87. The molecule has 5 rings (SSSR count). The smallest absolute Gasteiger partial charge is 0.228 e. The van der Waals surface area contributed by atoms with Gasteiger partial charge in [-0.1, -0.05) is 12.1 Å². The van der Waals surface area contributed by atoms with Crippen molar-refractivity contribution in [2.45, 2.75) is 56.5 Å². The third-order valence-electron chi connectivity index (χ3n) is 7.77. The first-order valence-electron chi connectivity index (χ1n) is 11.1. The summed E-state index contributed by atoms with van der Waals surface area (Å²) in [5.41, 5.74) is 7.25. The summed E-state index contributed by atoms with van der Waals surface area (Å²) in [6.45, 7) is 1.90. The molecule has 1 amide bonds. The minimum Gasteiger partial charge on any atom is -0.489 e. The van der Waals surface area contributed by atoms with Crippen molar-refractivity contribution >= 4 is 5.91 Å². The maximum atomic E-state index is 13.3. The number of halogens is 1. The maximum absolute atomic E-state index is 13.3. The van der Waals surface area contributed by atoms with Gasteiger partial charge >= 0.3 is 0 Å². The summed E-state index contributed by atoms with van der Waals surface area (Å²) < 4.78 is 23.7. The van der Waals surface area contributed by atoms with Gasteiger partial charge in [0.05, 0.1) is 12.4 Å². The molecule has 1 atom stereocenters. The van der Waals surface area contributed by atoms with Crippen molar-refractivity contribution in [2.24, 2.45) is 11.1 Å². The van der Waals surface area contributed by atoms with Crippen LogP contribution in [-0.4, -0.2) is 50.3 Å². The van der Waals surface area contributed by atoms with Gasteiger partial charge in [-0.25, -0.2) is 4.39 Å². The van der Waals surface area contributed by atoms with Crippen molar-refractivity contribution < 1.29 is 18.7 Å². The lowest BCUT2D eigenvalue weighted by molar-refractivity contribution is -0.148. The van der Waals surface area contributed by atoms with Crippen molar-refractivity contribution in [2.75, 3.05) is 33.4 Å². The Morgan fingerprint density at radius 3 is 2.40 bits per heavy atom. The number of benzene rings is 1. The lowest BCUT2D eigenvalue weighted by atomic mass is 9.51. The Bertz CT molecular complexity index is 768. The number of amides is 1. The number of methoxy groups -OCH3 is 1. The van der Waals surface area contributed by atoms with E-state index in [-0.39, 0.29) is 30.1 Å². The molecular weight excluding hydrogens is 383 g/mol. The SMILES string of the molecule is CO[C@@H]1CCN(C(=O)C23CCC(c4ccc(OC/C(=C/F)CN)cc4)(CC2)CC3)C1. The first kappa shape index (κ1) is 21.3. The zero-order valence-corrected chi connectivity index (χ0v) is 17.9. The fourth-order valence-corrected chi connectivity index (χ4v) is 5.60. The second-order valence-electron chi connectivity index (χ2n) is 9.24. The van der Waals surface area contributed by atoms with Crippen LogP contribution in [0.25, 0.3) is 0 Å². The van der Waals surface area contributed by atoms with Crippen molar-refractivity contribution in [1.29, 1.82) is 0 Å². The van der Waals surface area contributed by atoms with E-state index < -0.39 is 0 Å². The van der Waals surface area contributed by atoms with Gasteiger partial charge in [-0.15, -0.1) is 0 Å². The Hall–Kier alpha value is -1.92. The number of carbonyl (C=O) groups is 1. The zero-order chi connectivity index (χ0) is 21.2. The van der Waals surface area contributed by atoms with Crippen LogP contribution in [0.1, 0.15) is 50.5 Å². The van der Waals surface area contributed by atoms with E-state index in [4.69, 9.17) is 15.2 Å². The Labute approximate surface area is 178 Å². The van der Waals surface area contributed by atoms with Crippen LogP contribution in [0.4, 0.5) is 4.39 Å². The largest absolute Gasteiger partial charge is 0.489 e. The number of fused-ring (bicyclic) bond motifs is 3. The van der Waals surface area contributed by atoms with Gasteiger partial charge in [0.15, 0.2) is 0 Å². The standard InChI is InChI=1S/C24H33FN2O3/c1-29-21-6-13-27(16-21)22(28)24-10-7-23(8-11-24,9-12-24)19-2-4-20(5-3-19)30-17-18(14-25)15-26/h2-5,14,21H,6-13,15-17,26H2,1H3/b18-14+/t21-,23?,24?/m1/s1. The zero-order valence-electron chi connectivity index (χ0n) is 17.9. The van der Waals surface area contributed by atoms with E-state index >= 15 is 0 Å². The molecule has 0 aromatic heterocycles. The molecule has 0 spiro atoms. The number of carbonyl (C=O) groups excluding carboxylic acids is 1. The van der Waals surface area contributed by atoms with Gasteiger partial charge in [0.2, 0.25) is 5.91 Å². The predicted molar refractivity (Wildman–Crippen MR) is 114 cm³/mol. The normalized spacial score (nSPS) is 31.2. The third-order valence-corrected chi connectivity index (χ3v) is 7.77. The summed E-state index contributed by atoms with van der Waals surface area (Å²) in [6, 6.07) is 8.21. The molecule has 2 bridgehead atoms. The number of rotatable bonds is 7. The number of nitrogens with zero attached hydrogens (tertiary/aromatic N) is 1.